The second-order valence-corrected chi connectivity index (χ2v) is 3.42. The van der Waals surface area contributed by atoms with E-state index in [1.807, 2.05) is 0 Å². The second kappa shape index (κ2) is 5.40. The van der Waals surface area contributed by atoms with Gasteiger partial charge in [-0.05, 0) is 39.0 Å². The van der Waals surface area contributed by atoms with E-state index in [9.17, 15) is 0 Å². The molecule has 0 bridgehead atoms. The average molecular weight is 151 g/mol. The monoisotopic (exact) mass is 151 g/mol. The molecule has 0 spiro atoms. The Balaban J connectivity index is 2.34. The Bertz CT molecular complexity index is 122. The summed E-state index contributed by atoms with van der Waals surface area (Å²) in [6, 6.07) is 0. The molecule has 1 rings (SSSR count). The molecule has 1 aliphatic carbocycles. The molecule has 0 aromatic rings. The molecule has 0 heteroatoms. The van der Waals surface area contributed by atoms with Crippen LogP contribution in [-0.2, 0) is 0 Å². The minimum atomic E-state index is 1.03. The zero-order valence-electron chi connectivity index (χ0n) is 7.44. The van der Waals surface area contributed by atoms with Crippen LogP contribution in [0.1, 0.15) is 51.4 Å². The molecule has 0 N–H and O–H groups in total. The van der Waals surface area contributed by atoms with Crippen LogP contribution in [-0.4, -0.2) is 0 Å². The number of allylic oxidation sites excluding steroid dienone is 2. The molecule has 0 aliphatic heterocycles. The van der Waals surface area contributed by atoms with Crippen LogP contribution >= 0.6 is 0 Å². The van der Waals surface area contributed by atoms with E-state index in [-0.39, 0.29) is 0 Å². The fraction of sp³-hybridized carbons (Fsp3) is 0.727. The standard InChI is InChI=1S/C11H19/c1-2-11-9-7-5-3-4-6-8-10-11/h9H,1-8,10H2/b11-9-. The van der Waals surface area contributed by atoms with E-state index in [1.165, 1.54) is 44.9 Å². The van der Waals surface area contributed by atoms with Crippen molar-refractivity contribution in [3.63, 3.8) is 0 Å². The highest BCUT2D eigenvalue weighted by Crippen LogP contribution is 2.18. The summed E-state index contributed by atoms with van der Waals surface area (Å²) >= 11 is 0. The summed E-state index contributed by atoms with van der Waals surface area (Å²) in [7, 11) is 0. The van der Waals surface area contributed by atoms with Crippen LogP contribution in [0.5, 0.6) is 0 Å². The van der Waals surface area contributed by atoms with E-state index in [0.29, 0.717) is 0 Å². The SMILES string of the molecule is [CH2]C/C1=C/CCCCCCC1. The van der Waals surface area contributed by atoms with Gasteiger partial charge in [0.15, 0.2) is 0 Å². The third kappa shape index (κ3) is 3.60. The topological polar surface area (TPSA) is 0 Å². The molecule has 11 heavy (non-hydrogen) atoms. The van der Waals surface area contributed by atoms with Gasteiger partial charge in [-0.1, -0.05) is 30.9 Å². The number of hydrogen-bond donors (Lipinski definition) is 0. The maximum Gasteiger partial charge on any atom is -0.0320 e. The smallest absolute Gasteiger partial charge is 0.0320 e. The van der Waals surface area contributed by atoms with E-state index in [1.54, 1.807) is 5.57 Å². The third-order valence-corrected chi connectivity index (χ3v) is 2.46. The maximum atomic E-state index is 3.94. The maximum absolute atomic E-state index is 3.94. The third-order valence-electron chi connectivity index (χ3n) is 2.46. The van der Waals surface area contributed by atoms with E-state index in [0.717, 1.165) is 6.42 Å². The quantitative estimate of drug-likeness (QED) is 0.499. The van der Waals surface area contributed by atoms with Crippen molar-refractivity contribution in [2.45, 2.75) is 51.4 Å². The van der Waals surface area contributed by atoms with Crippen LogP contribution in [0.25, 0.3) is 0 Å². The number of hydrogen-bond acceptors (Lipinski definition) is 0. The van der Waals surface area contributed by atoms with Crippen molar-refractivity contribution in [3.05, 3.63) is 18.6 Å². The van der Waals surface area contributed by atoms with Gasteiger partial charge in [-0.2, -0.15) is 0 Å². The molecule has 1 aliphatic rings. The molecule has 0 saturated carbocycles. The summed E-state index contributed by atoms with van der Waals surface area (Å²) in [6.07, 6.45) is 13.1. The van der Waals surface area contributed by atoms with Crippen molar-refractivity contribution in [3.8, 4) is 0 Å². The van der Waals surface area contributed by atoms with Gasteiger partial charge in [0.2, 0.25) is 0 Å². The number of rotatable bonds is 1. The summed E-state index contributed by atoms with van der Waals surface area (Å²) < 4.78 is 0. The minimum absolute atomic E-state index is 1.03. The molecular weight excluding hydrogens is 132 g/mol. The first-order chi connectivity index (χ1) is 5.43. The Hall–Kier alpha value is -0.260. The van der Waals surface area contributed by atoms with Crippen LogP contribution in [0.4, 0.5) is 0 Å². The summed E-state index contributed by atoms with van der Waals surface area (Å²) in [5.74, 6) is 0. The zero-order chi connectivity index (χ0) is 7.94. The lowest BCUT2D eigenvalue weighted by Crippen LogP contribution is -1.81. The van der Waals surface area contributed by atoms with E-state index in [2.05, 4.69) is 13.0 Å². The lowest BCUT2D eigenvalue weighted by molar-refractivity contribution is 0.628. The summed E-state index contributed by atoms with van der Waals surface area (Å²) in [5.41, 5.74) is 1.59. The van der Waals surface area contributed by atoms with E-state index < -0.39 is 0 Å². The molecule has 0 heterocycles. The first kappa shape index (κ1) is 8.83. The van der Waals surface area contributed by atoms with Crippen molar-refractivity contribution in [1.29, 1.82) is 0 Å². The van der Waals surface area contributed by atoms with Crippen LogP contribution in [0.3, 0.4) is 0 Å². The van der Waals surface area contributed by atoms with E-state index in [4.69, 9.17) is 0 Å². The predicted octanol–water partition coefficient (Wildman–Crippen LogP) is 3.88. The molecule has 63 valence electrons. The van der Waals surface area contributed by atoms with Crippen molar-refractivity contribution in [1.82, 2.24) is 0 Å². The van der Waals surface area contributed by atoms with Crippen molar-refractivity contribution in [2.24, 2.45) is 0 Å². The molecular formula is C11H19. The molecule has 0 aromatic carbocycles. The molecule has 0 atom stereocenters. The second-order valence-electron chi connectivity index (χ2n) is 3.42. The van der Waals surface area contributed by atoms with Crippen molar-refractivity contribution >= 4 is 0 Å². The Morgan fingerprint density at radius 2 is 1.82 bits per heavy atom. The molecule has 0 saturated heterocycles. The fourth-order valence-electron chi connectivity index (χ4n) is 1.66. The highest BCUT2D eigenvalue weighted by Gasteiger charge is 1.98. The first-order valence-corrected chi connectivity index (χ1v) is 4.90. The highest BCUT2D eigenvalue weighted by atomic mass is 14.0. The molecule has 0 aromatic heterocycles. The molecule has 0 amide bonds. The van der Waals surface area contributed by atoms with Gasteiger partial charge in [-0.25, -0.2) is 0 Å². The molecule has 1 radical (unpaired) electrons. The molecule has 0 fully saturated rings. The minimum Gasteiger partial charge on any atom is -0.0853 e. The summed E-state index contributed by atoms with van der Waals surface area (Å²) in [5, 5.41) is 0. The van der Waals surface area contributed by atoms with Gasteiger partial charge in [-0.15, -0.1) is 0 Å². The van der Waals surface area contributed by atoms with Crippen LogP contribution < -0.4 is 0 Å². The Morgan fingerprint density at radius 1 is 1.09 bits per heavy atom. The van der Waals surface area contributed by atoms with Gasteiger partial charge in [0, 0.05) is 0 Å². The van der Waals surface area contributed by atoms with Gasteiger partial charge in [0.1, 0.15) is 0 Å². The molecule has 0 unspecified atom stereocenters. The van der Waals surface area contributed by atoms with Crippen LogP contribution in [0.15, 0.2) is 11.6 Å². The highest BCUT2D eigenvalue weighted by molar-refractivity contribution is 5.02. The normalized spacial score (nSPS) is 26.1. The average Bonchev–Trinajstić information content (AvgIpc) is 2.16. The van der Waals surface area contributed by atoms with Crippen molar-refractivity contribution < 1.29 is 0 Å². The van der Waals surface area contributed by atoms with Crippen LogP contribution in [0, 0.1) is 6.92 Å². The predicted molar refractivity (Wildman–Crippen MR) is 50.4 cm³/mol. The Kier molecular flexibility index (Phi) is 4.33. The Labute approximate surface area is 70.7 Å². The fourth-order valence-corrected chi connectivity index (χ4v) is 1.66. The lowest BCUT2D eigenvalue weighted by Gasteiger charge is -2.01. The van der Waals surface area contributed by atoms with Gasteiger partial charge in [0.25, 0.3) is 0 Å². The van der Waals surface area contributed by atoms with Crippen molar-refractivity contribution in [2.75, 3.05) is 0 Å². The molecule has 0 nitrogen and oxygen atoms in total. The van der Waals surface area contributed by atoms with Crippen LogP contribution in [0.2, 0.25) is 0 Å². The van der Waals surface area contributed by atoms with Gasteiger partial charge < -0.3 is 0 Å². The lowest BCUT2D eigenvalue weighted by atomic mass is 10.1. The Morgan fingerprint density at radius 3 is 2.64 bits per heavy atom. The summed E-state index contributed by atoms with van der Waals surface area (Å²) in [6.45, 7) is 3.94. The van der Waals surface area contributed by atoms with Gasteiger partial charge in [-0.3, -0.25) is 0 Å². The zero-order valence-corrected chi connectivity index (χ0v) is 7.44. The van der Waals surface area contributed by atoms with Gasteiger partial charge >= 0.3 is 0 Å². The van der Waals surface area contributed by atoms with E-state index >= 15 is 0 Å². The first-order valence-electron chi connectivity index (χ1n) is 4.90. The van der Waals surface area contributed by atoms with Gasteiger partial charge in [0.05, 0.1) is 0 Å². The summed E-state index contributed by atoms with van der Waals surface area (Å²) in [4.78, 5) is 0. The largest absolute Gasteiger partial charge is 0.0853 e.